The third kappa shape index (κ3) is 3.95. The molecule has 6 nitrogen and oxygen atoms in total. The van der Waals surface area contributed by atoms with Crippen molar-refractivity contribution in [1.29, 1.82) is 0 Å². The molecule has 1 aliphatic rings. The maximum absolute atomic E-state index is 12.8. The third-order valence-corrected chi connectivity index (χ3v) is 5.47. The highest BCUT2D eigenvalue weighted by Gasteiger charge is 2.37. The molecule has 6 heteroatoms. The summed E-state index contributed by atoms with van der Waals surface area (Å²) in [6.07, 6.45) is 1.34. The van der Waals surface area contributed by atoms with Crippen molar-refractivity contribution in [2.45, 2.75) is 40.5 Å². The molecule has 2 aromatic rings. The zero-order valence-electron chi connectivity index (χ0n) is 18.1. The van der Waals surface area contributed by atoms with Crippen LogP contribution >= 0.6 is 0 Å². The van der Waals surface area contributed by atoms with Gasteiger partial charge in [0.05, 0.1) is 35.9 Å². The smallest absolute Gasteiger partial charge is 0.311 e. The fourth-order valence-electron chi connectivity index (χ4n) is 3.65. The SMILES string of the molecule is COC(=O)C(C)(C)CCCOc1cc(C)c(N2C(=O)c3ccccc3C2=O)cc1C. The standard InChI is InChI=1S/C24H27NO5/c1-15-14-20(30-12-8-11-24(3,4)23(28)29-5)16(2)13-19(15)25-21(26)17-9-6-7-10-18(17)22(25)27/h6-7,9-10,13-14H,8,11-12H2,1-5H3. The zero-order valence-corrected chi connectivity index (χ0v) is 18.1. The van der Waals surface area contributed by atoms with Gasteiger partial charge in [-0.15, -0.1) is 0 Å². The van der Waals surface area contributed by atoms with Gasteiger partial charge in [0.15, 0.2) is 0 Å². The zero-order chi connectivity index (χ0) is 22.1. The van der Waals surface area contributed by atoms with Crippen molar-refractivity contribution in [2.75, 3.05) is 18.6 Å². The van der Waals surface area contributed by atoms with Crippen molar-refractivity contribution in [1.82, 2.24) is 0 Å². The van der Waals surface area contributed by atoms with Crippen LogP contribution < -0.4 is 9.64 Å². The first-order valence-corrected chi connectivity index (χ1v) is 9.97. The van der Waals surface area contributed by atoms with Gasteiger partial charge in [0.2, 0.25) is 0 Å². The van der Waals surface area contributed by atoms with E-state index in [1.165, 1.54) is 12.0 Å². The number of fused-ring (bicyclic) bond motifs is 1. The van der Waals surface area contributed by atoms with Gasteiger partial charge >= 0.3 is 5.97 Å². The molecule has 158 valence electrons. The molecule has 30 heavy (non-hydrogen) atoms. The highest BCUT2D eigenvalue weighted by Crippen LogP contribution is 2.34. The Morgan fingerprint density at radius 3 is 2.17 bits per heavy atom. The predicted octanol–water partition coefficient (Wildman–Crippen LogP) is 4.46. The second-order valence-electron chi connectivity index (χ2n) is 8.22. The molecule has 0 aromatic heterocycles. The van der Waals surface area contributed by atoms with Gasteiger partial charge in [-0.25, -0.2) is 4.90 Å². The summed E-state index contributed by atoms with van der Waals surface area (Å²) < 4.78 is 10.7. The van der Waals surface area contributed by atoms with Crippen molar-refractivity contribution in [3.05, 3.63) is 58.7 Å². The minimum Gasteiger partial charge on any atom is -0.493 e. The number of hydrogen-bond acceptors (Lipinski definition) is 5. The van der Waals surface area contributed by atoms with E-state index in [4.69, 9.17) is 9.47 Å². The highest BCUT2D eigenvalue weighted by atomic mass is 16.5. The van der Waals surface area contributed by atoms with Crippen LogP contribution in [0.25, 0.3) is 0 Å². The van der Waals surface area contributed by atoms with E-state index in [0.29, 0.717) is 42.0 Å². The Morgan fingerprint density at radius 1 is 1.00 bits per heavy atom. The molecule has 0 atom stereocenters. The molecule has 0 saturated heterocycles. The van der Waals surface area contributed by atoms with Crippen LogP contribution in [0.2, 0.25) is 0 Å². The van der Waals surface area contributed by atoms with Gasteiger partial charge in [-0.2, -0.15) is 0 Å². The number of carbonyl (C=O) groups is 3. The molecule has 0 radical (unpaired) electrons. The summed E-state index contributed by atoms with van der Waals surface area (Å²) in [6.45, 7) is 7.89. The molecule has 0 N–H and O–H groups in total. The van der Waals surface area contributed by atoms with Crippen LogP contribution in [0, 0.1) is 19.3 Å². The number of nitrogens with zero attached hydrogens (tertiary/aromatic N) is 1. The van der Waals surface area contributed by atoms with Crippen LogP contribution in [0.1, 0.15) is 58.5 Å². The molecule has 1 heterocycles. The number of carbonyl (C=O) groups excluding carboxylic acids is 3. The average Bonchev–Trinajstić information content (AvgIpc) is 2.97. The molecule has 0 fully saturated rings. The normalized spacial score (nSPS) is 13.4. The van der Waals surface area contributed by atoms with Gasteiger partial charge in [-0.05, 0) is 75.9 Å². The predicted molar refractivity (Wildman–Crippen MR) is 114 cm³/mol. The number of ether oxygens (including phenoxy) is 2. The molecule has 2 amide bonds. The van der Waals surface area contributed by atoms with Crippen LogP contribution in [0.4, 0.5) is 5.69 Å². The summed E-state index contributed by atoms with van der Waals surface area (Å²) in [5.41, 5.74) is 2.47. The van der Waals surface area contributed by atoms with Crippen molar-refractivity contribution in [3.8, 4) is 5.75 Å². The Kier molecular flexibility index (Phi) is 5.97. The van der Waals surface area contributed by atoms with Crippen LogP contribution in [0.3, 0.4) is 0 Å². The maximum atomic E-state index is 12.8. The fraction of sp³-hybridized carbons (Fsp3) is 0.375. The number of hydrogen-bond donors (Lipinski definition) is 0. The molecule has 3 rings (SSSR count). The first-order chi connectivity index (χ1) is 14.2. The van der Waals surface area contributed by atoms with E-state index < -0.39 is 5.41 Å². The lowest BCUT2D eigenvalue weighted by molar-refractivity contribution is -0.151. The summed E-state index contributed by atoms with van der Waals surface area (Å²) in [7, 11) is 1.39. The lowest BCUT2D eigenvalue weighted by atomic mass is 9.88. The van der Waals surface area contributed by atoms with Crippen LogP contribution in [-0.2, 0) is 9.53 Å². The minimum atomic E-state index is -0.557. The van der Waals surface area contributed by atoms with Crippen molar-refractivity contribution < 1.29 is 23.9 Å². The van der Waals surface area contributed by atoms with E-state index in [1.54, 1.807) is 24.3 Å². The summed E-state index contributed by atoms with van der Waals surface area (Å²) in [5.74, 6) is -0.155. The second-order valence-corrected chi connectivity index (χ2v) is 8.22. The van der Waals surface area contributed by atoms with Crippen molar-refractivity contribution in [2.24, 2.45) is 5.41 Å². The van der Waals surface area contributed by atoms with Gasteiger partial charge < -0.3 is 9.47 Å². The minimum absolute atomic E-state index is 0.236. The molecule has 0 unspecified atom stereocenters. The molecule has 0 bridgehead atoms. The second kappa shape index (κ2) is 8.30. The number of aryl methyl sites for hydroxylation is 2. The van der Waals surface area contributed by atoms with E-state index in [0.717, 1.165) is 11.1 Å². The first-order valence-electron chi connectivity index (χ1n) is 9.97. The number of amides is 2. The Balaban J connectivity index is 1.72. The lowest BCUT2D eigenvalue weighted by Gasteiger charge is -2.22. The van der Waals surface area contributed by atoms with E-state index in [9.17, 15) is 14.4 Å². The monoisotopic (exact) mass is 409 g/mol. The van der Waals surface area contributed by atoms with Gasteiger partial charge in [0, 0.05) is 0 Å². The lowest BCUT2D eigenvalue weighted by Crippen LogP contribution is -2.30. The van der Waals surface area contributed by atoms with E-state index in [2.05, 4.69) is 0 Å². The number of imide groups is 1. The summed E-state index contributed by atoms with van der Waals surface area (Å²) >= 11 is 0. The van der Waals surface area contributed by atoms with Gasteiger partial charge in [0.25, 0.3) is 11.8 Å². The number of esters is 1. The van der Waals surface area contributed by atoms with Gasteiger partial charge in [-0.1, -0.05) is 12.1 Å². The molecule has 0 spiro atoms. The Labute approximate surface area is 176 Å². The van der Waals surface area contributed by atoms with Gasteiger partial charge in [0.1, 0.15) is 5.75 Å². The highest BCUT2D eigenvalue weighted by molar-refractivity contribution is 6.34. The van der Waals surface area contributed by atoms with Gasteiger partial charge in [-0.3, -0.25) is 14.4 Å². The fourth-order valence-corrected chi connectivity index (χ4v) is 3.65. The summed E-state index contributed by atoms with van der Waals surface area (Å²) in [4.78, 5) is 38.6. The average molecular weight is 409 g/mol. The Hall–Kier alpha value is -3.15. The number of methoxy groups -OCH3 is 1. The third-order valence-electron chi connectivity index (χ3n) is 5.47. The molecule has 2 aromatic carbocycles. The largest absolute Gasteiger partial charge is 0.493 e. The van der Waals surface area contributed by atoms with E-state index in [1.807, 2.05) is 39.8 Å². The van der Waals surface area contributed by atoms with Crippen molar-refractivity contribution >= 4 is 23.5 Å². The Bertz CT molecular complexity index is 974. The van der Waals surface area contributed by atoms with Crippen LogP contribution in [-0.4, -0.2) is 31.5 Å². The Morgan fingerprint density at radius 2 is 1.60 bits per heavy atom. The van der Waals surface area contributed by atoms with Crippen LogP contribution in [0.5, 0.6) is 5.75 Å². The first kappa shape index (κ1) is 21.6. The molecular weight excluding hydrogens is 382 g/mol. The summed E-state index contributed by atoms with van der Waals surface area (Å²) in [6, 6.07) is 10.5. The molecule has 0 saturated carbocycles. The summed E-state index contributed by atoms with van der Waals surface area (Å²) in [5, 5.41) is 0. The molecule has 0 aliphatic carbocycles. The van der Waals surface area contributed by atoms with E-state index >= 15 is 0 Å². The maximum Gasteiger partial charge on any atom is 0.311 e. The molecule has 1 aliphatic heterocycles. The molecular formula is C24H27NO5. The van der Waals surface area contributed by atoms with E-state index in [-0.39, 0.29) is 17.8 Å². The number of rotatable bonds is 7. The number of anilines is 1. The quantitative estimate of drug-likeness (QED) is 0.383. The topological polar surface area (TPSA) is 72.9 Å². The number of benzene rings is 2. The van der Waals surface area contributed by atoms with Crippen LogP contribution in [0.15, 0.2) is 36.4 Å². The van der Waals surface area contributed by atoms with Crippen molar-refractivity contribution in [3.63, 3.8) is 0 Å².